The van der Waals surface area contributed by atoms with Crippen molar-refractivity contribution in [3.05, 3.63) is 60.1 Å². The molecule has 9 nitrogen and oxygen atoms in total. The van der Waals surface area contributed by atoms with E-state index in [0.717, 1.165) is 43.6 Å². The van der Waals surface area contributed by atoms with Crippen molar-refractivity contribution in [3.63, 3.8) is 0 Å². The lowest BCUT2D eigenvalue weighted by atomic mass is 10.1. The van der Waals surface area contributed by atoms with E-state index in [0.29, 0.717) is 23.6 Å². The van der Waals surface area contributed by atoms with Crippen LogP contribution in [0.5, 0.6) is 0 Å². The third-order valence-electron chi connectivity index (χ3n) is 5.98. The summed E-state index contributed by atoms with van der Waals surface area (Å²) in [6, 6.07) is 8.03. The van der Waals surface area contributed by atoms with Gasteiger partial charge in [-0.2, -0.15) is 5.10 Å². The number of thiophene rings is 1. The molecule has 0 spiro atoms. The van der Waals surface area contributed by atoms with Crippen LogP contribution in [0.3, 0.4) is 0 Å². The second-order valence-corrected chi connectivity index (χ2v) is 10.7. The number of pyridine rings is 3. The zero-order valence-electron chi connectivity index (χ0n) is 20.5. The fourth-order valence-electron chi connectivity index (χ4n) is 4.29. The monoisotopic (exact) mass is 508 g/mol. The molecule has 0 unspecified atom stereocenters. The van der Waals surface area contributed by atoms with Crippen molar-refractivity contribution in [2.75, 3.05) is 5.32 Å². The topological polar surface area (TPSA) is 125 Å². The van der Waals surface area contributed by atoms with E-state index in [9.17, 15) is 4.79 Å². The molecule has 6 aromatic rings. The predicted octanol–water partition coefficient (Wildman–Crippen LogP) is 5.98. The van der Waals surface area contributed by atoms with Crippen molar-refractivity contribution < 1.29 is 4.79 Å². The number of amides is 1. The Hall–Kier alpha value is -4.44. The molecule has 0 aromatic carbocycles. The Kier molecular flexibility index (Phi) is 5.72. The second-order valence-electron chi connectivity index (χ2n) is 9.37. The molecule has 6 aromatic heterocycles. The standard InChI is InChI=1S/C27H24N8OS/c1-14(2)6-24(36)31-17-7-16(9-28-10-17)20-8-18-21(13-30-20)34-35-26(18)27-32-22-12-29-11-19(25(22)33-27)23-5-4-15(3)37-23/h4-5,7-14H,6H2,1-3H3,(H,31,36)(H,32,33)(H,34,35). The van der Waals surface area contributed by atoms with Gasteiger partial charge in [0.05, 0.1) is 41.0 Å². The van der Waals surface area contributed by atoms with Crippen LogP contribution in [0.1, 0.15) is 25.1 Å². The number of hydrogen-bond acceptors (Lipinski definition) is 7. The highest BCUT2D eigenvalue weighted by molar-refractivity contribution is 7.15. The summed E-state index contributed by atoms with van der Waals surface area (Å²) in [7, 11) is 0. The molecule has 1 amide bonds. The van der Waals surface area contributed by atoms with Gasteiger partial charge in [0.1, 0.15) is 11.2 Å². The maximum atomic E-state index is 12.2. The van der Waals surface area contributed by atoms with E-state index in [-0.39, 0.29) is 11.8 Å². The molecule has 10 heteroatoms. The van der Waals surface area contributed by atoms with E-state index in [1.165, 1.54) is 4.88 Å². The maximum Gasteiger partial charge on any atom is 0.224 e. The second kappa shape index (κ2) is 9.21. The Morgan fingerprint density at radius 2 is 1.92 bits per heavy atom. The zero-order chi connectivity index (χ0) is 25.5. The molecule has 6 heterocycles. The summed E-state index contributed by atoms with van der Waals surface area (Å²) in [5.74, 6) is 0.888. The average Bonchev–Trinajstić information content (AvgIpc) is 3.60. The van der Waals surface area contributed by atoms with Crippen LogP contribution in [0.25, 0.3) is 55.2 Å². The molecule has 0 fully saturated rings. The molecule has 3 N–H and O–H groups in total. The number of rotatable bonds is 6. The predicted molar refractivity (Wildman–Crippen MR) is 146 cm³/mol. The highest BCUT2D eigenvalue weighted by Crippen LogP contribution is 2.34. The number of nitrogens with one attached hydrogen (secondary N) is 3. The van der Waals surface area contributed by atoms with Gasteiger partial charge in [-0.05, 0) is 37.1 Å². The van der Waals surface area contributed by atoms with Crippen molar-refractivity contribution in [1.82, 2.24) is 35.1 Å². The van der Waals surface area contributed by atoms with E-state index >= 15 is 0 Å². The summed E-state index contributed by atoms with van der Waals surface area (Å²) in [6.45, 7) is 6.11. The smallest absolute Gasteiger partial charge is 0.224 e. The van der Waals surface area contributed by atoms with Gasteiger partial charge in [0, 0.05) is 45.1 Å². The first-order valence-corrected chi connectivity index (χ1v) is 12.8. The first-order valence-electron chi connectivity index (χ1n) is 11.9. The van der Waals surface area contributed by atoms with Crippen molar-refractivity contribution in [2.45, 2.75) is 27.2 Å². The summed E-state index contributed by atoms with van der Waals surface area (Å²) in [4.78, 5) is 36.2. The fraction of sp³-hybridized carbons (Fsp3) is 0.185. The summed E-state index contributed by atoms with van der Waals surface area (Å²) >= 11 is 1.72. The number of anilines is 1. The van der Waals surface area contributed by atoms with Crippen LogP contribution >= 0.6 is 11.3 Å². The molecular formula is C27H24N8OS. The Morgan fingerprint density at radius 1 is 1.05 bits per heavy atom. The number of fused-ring (bicyclic) bond motifs is 2. The molecular weight excluding hydrogens is 484 g/mol. The van der Waals surface area contributed by atoms with Gasteiger partial charge < -0.3 is 10.3 Å². The SMILES string of the molecule is Cc1ccc(-c2cncc3[nH]c(-c4n[nH]c5cnc(-c6cncc(NC(=O)CC(C)C)c6)cc45)nc23)s1. The van der Waals surface area contributed by atoms with Crippen molar-refractivity contribution >= 4 is 44.9 Å². The molecule has 0 aliphatic heterocycles. The van der Waals surface area contributed by atoms with Gasteiger partial charge >= 0.3 is 0 Å². The maximum absolute atomic E-state index is 12.2. The van der Waals surface area contributed by atoms with Crippen LogP contribution in [-0.4, -0.2) is 41.0 Å². The van der Waals surface area contributed by atoms with Gasteiger partial charge in [-0.25, -0.2) is 4.98 Å². The van der Waals surface area contributed by atoms with Gasteiger partial charge in [0.2, 0.25) is 5.91 Å². The van der Waals surface area contributed by atoms with Crippen LogP contribution in [0.4, 0.5) is 5.69 Å². The van der Waals surface area contributed by atoms with Gasteiger partial charge in [0.15, 0.2) is 5.82 Å². The third-order valence-corrected chi connectivity index (χ3v) is 7.02. The largest absolute Gasteiger partial charge is 0.335 e. The quantitative estimate of drug-likeness (QED) is 0.254. The van der Waals surface area contributed by atoms with Gasteiger partial charge in [-0.3, -0.25) is 24.8 Å². The number of aromatic amines is 2. The molecule has 184 valence electrons. The molecule has 37 heavy (non-hydrogen) atoms. The van der Waals surface area contributed by atoms with Crippen LogP contribution in [0.2, 0.25) is 0 Å². The summed E-state index contributed by atoms with van der Waals surface area (Å²) in [6.07, 6.45) is 9.20. The number of carbonyl (C=O) groups excluding carboxylic acids is 1. The van der Waals surface area contributed by atoms with E-state index < -0.39 is 0 Å². The summed E-state index contributed by atoms with van der Waals surface area (Å²) < 4.78 is 0. The highest BCUT2D eigenvalue weighted by Gasteiger charge is 2.17. The number of carbonyl (C=O) groups is 1. The molecule has 0 radical (unpaired) electrons. The molecule has 0 bridgehead atoms. The Morgan fingerprint density at radius 3 is 2.73 bits per heavy atom. The molecule has 0 saturated carbocycles. The lowest BCUT2D eigenvalue weighted by molar-refractivity contribution is -0.116. The minimum Gasteiger partial charge on any atom is -0.335 e. The average molecular weight is 509 g/mol. The molecule has 0 atom stereocenters. The van der Waals surface area contributed by atoms with Crippen LogP contribution < -0.4 is 5.32 Å². The minimum atomic E-state index is -0.0362. The number of aromatic nitrogens is 7. The van der Waals surface area contributed by atoms with E-state index in [1.807, 2.05) is 32.2 Å². The first-order chi connectivity index (χ1) is 17.9. The van der Waals surface area contributed by atoms with Crippen LogP contribution in [-0.2, 0) is 4.79 Å². The van der Waals surface area contributed by atoms with E-state index in [4.69, 9.17) is 4.98 Å². The van der Waals surface area contributed by atoms with Crippen LogP contribution in [0, 0.1) is 12.8 Å². The van der Waals surface area contributed by atoms with Crippen molar-refractivity contribution in [1.29, 1.82) is 0 Å². The number of hydrogen-bond donors (Lipinski definition) is 3. The van der Waals surface area contributed by atoms with Gasteiger partial charge in [-0.1, -0.05) is 13.8 Å². The van der Waals surface area contributed by atoms with Gasteiger partial charge in [0.25, 0.3) is 0 Å². The first kappa shape index (κ1) is 23.0. The lowest BCUT2D eigenvalue weighted by Gasteiger charge is -2.08. The highest BCUT2D eigenvalue weighted by atomic mass is 32.1. The van der Waals surface area contributed by atoms with E-state index in [2.05, 4.69) is 54.5 Å². The third kappa shape index (κ3) is 4.47. The normalized spacial score (nSPS) is 11.6. The Balaban J connectivity index is 1.38. The number of aryl methyl sites for hydroxylation is 1. The minimum absolute atomic E-state index is 0.0362. The zero-order valence-corrected chi connectivity index (χ0v) is 21.3. The summed E-state index contributed by atoms with van der Waals surface area (Å²) in [5, 5.41) is 11.4. The molecule has 6 rings (SSSR count). The van der Waals surface area contributed by atoms with E-state index in [1.54, 1.807) is 36.1 Å². The van der Waals surface area contributed by atoms with Crippen molar-refractivity contribution in [3.8, 4) is 33.2 Å². The van der Waals surface area contributed by atoms with Crippen molar-refractivity contribution in [2.24, 2.45) is 5.92 Å². The number of H-pyrrole nitrogens is 2. The fourth-order valence-corrected chi connectivity index (χ4v) is 5.17. The Labute approximate surface area is 216 Å². The lowest BCUT2D eigenvalue weighted by Crippen LogP contribution is -2.13. The number of imidazole rings is 1. The number of nitrogens with zero attached hydrogens (tertiary/aromatic N) is 5. The molecule has 0 aliphatic carbocycles. The van der Waals surface area contributed by atoms with Gasteiger partial charge in [-0.15, -0.1) is 11.3 Å². The molecule has 0 aliphatic rings. The Bertz CT molecular complexity index is 1760. The molecule has 0 saturated heterocycles. The van der Waals surface area contributed by atoms with Crippen LogP contribution in [0.15, 0.2) is 55.2 Å². The summed E-state index contributed by atoms with van der Waals surface area (Å²) in [5.41, 5.74) is 6.32.